The number of nitrogens with zero attached hydrogens (tertiary/aromatic N) is 1. The molecule has 0 aliphatic rings. The summed E-state index contributed by atoms with van der Waals surface area (Å²) < 4.78 is 51.4. The third-order valence-corrected chi connectivity index (χ3v) is 2.89. The third kappa shape index (κ3) is 3.51. The minimum Gasteiger partial charge on any atom is -0.381 e. The van der Waals surface area contributed by atoms with E-state index in [0.29, 0.717) is 11.3 Å². The fourth-order valence-corrected chi connectivity index (χ4v) is 1.83. The zero-order valence-corrected chi connectivity index (χ0v) is 10.7. The zero-order chi connectivity index (χ0) is 15.5. The fourth-order valence-electron chi connectivity index (χ4n) is 1.83. The van der Waals surface area contributed by atoms with Crippen LogP contribution in [0.25, 0.3) is 0 Å². The summed E-state index contributed by atoms with van der Waals surface area (Å²) in [5.74, 6) is -0.405. The minimum absolute atomic E-state index is 0.114. The summed E-state index contributed by atoms with van der Waals surface area (Å²) >= 11 is 0. The Morgan fingerprint density at radius 2 is 1.81 bits per heavy atom. The van der Waals surface area contributed by atoms with Gasteiger partial charge in [-0.25, -0.2) is 4.39 Å². The van der Waals surface area contributed by atoms with Crippen molar-refractivity contribution < 1.29 is 17.6 Å². The van der Waals surface area contributed by atoms with E-state index in [2.05, 4.69) is 5.32 Å². The molecule has 0 fully saturated rings. The van der Waals surface area contributed by atoms with Gasteiger partial charge in [0.15, 0.2) is 0 Å². The Morgan fingerprint density at radius 1 is 1.10 bits per heavy atom. The number of anilines is 1. The third-order valence-electron chi connectivity index (χ3n) is 2.89. The molecule has 2 rings (SSSR count). The quantitative estimate of drug-likeness (QED) is 0.855. The highest BCUT2D eigenvalue weighted by molar-refractivity contribution is 5.53. The first-order valence-electron chi connectivity index (χ1n) is 6.00. The number of nitriles is 1. The van der Waals surface area contributed by atoms with Gasteiger partial charge in [-0.2, -0.15) is 18.4 Å². The summed E-state index contributed by atoms with van der Waals surface area (Å²) in [7, 11) is 0. The van der Waals surface area contributed by atoms with Crippen LogP contribution in [0.2, 0.25) is 0 Å². The number of halogens is 4. The summed E-state index contributed by atoms with van der Waals surface area (Å²) in [6, 6.07) is 10.7. The molecule has 2 aromatic rings. The fraction of sp³-hybridized carbons (Fsp3) is 0.133. The van der Waals surface area contributed by atoms with Crippen LogP contribution in [0.5, 0.6) is 0 Å². The van der Waals surface area contributed by atoms with Gasteiger partial charge in [0, 0.05) is 17.8 Å². The molecule has 0 spiro atoms. The van der Waals surface area contributed by atoms with Gasteiger partial charge in [-0.05, 0) is 24.3 Å². The Bertz CT molecular complexity index is 687. The highest BCUT2D eigenvalue weighted by Gasteiger charge is 2.33. The first-order chi connectivity index (χ1) is 9.91. The van der Waals surface area contributed by atoms with Crippen LogP contribution >= 0.6 is 0 Å². The normalized spacial score (nSPS) is 11.0. The second kappa shape index (κ2) is 5.83. The number of hydrogen-bond donors (Lipinski definition) is 1. The van der Waals surface area contributed by atoms with Crippen LogP contribution in [-0.2, 0) is 12.7 Å². The largest absolute Gasteiger partial charge is 0.417 e. The molecule has 0 saturated heterocycles. The average Bonchev–Trinajstić information content (AvgIpc) is 2.45. The Balaban J connectivity index is 2.19. The lowest BCUT2D eigenvalue weighted by Gasteiger charge is -2.12. The SMILES string of the molecule is N#Cc1cc(NCc2ccccc2F)ccc1C(F)(F)F. The Hall–Kier alpha value is -2.55. The second-order valence-corrected chi connectivity index (χ2v) is 4.31. The van der Waals surface area contributed by atoms with Crippen molar-refractivity contribution in [3.05, 3.63) is 65.0 Å². The zero-order valence-electron chi connectivity index (χ0n) is 10.7. The van der Waals surface area contributed by atoms with Gasteiger partial charge in [-0.1, -0.05) is 18.2 Å². The maximum atomic E-state index is 13.4. The molecule has 0 unspecified atom stereocenters. The van der Waals surface area contributed by atoms with Crippen LogP contribution in [0.15, 0.2) is 42.5 Å². The van der Waals surface area contributed by atoms with E-state index >= 15 is 0 Å². The van der Waals surface area contributed by atoms with E-state index in [0.717, 1.165) is 12.1 Å². The Labute approximate surface area is 118 Å². The van der Waals surface area contributed by atoms with Crippen molar-refractivity contribution in [3.63, 3.8) is 0 Å². The maximum Gasteiger partial charge on any atom is 0.417 e. The minimum atomic E-state index is -4.57. The molecule has 2 nitrogen and oxygen atoms in total. The van der Waals surface area contributed by atoms with E-state index < -0.39 is 23.1 Å². The molecule has 0 aromatic heterocycles. The number of benzene rings is 2. The lowest BCUT2D eigenvalue weighted by atomic mass is 10.1. The highest BCUT2D eigenvalue weighted by atomic mass is 19.4. The molecule has 0 heterocycles. The highest BCUT2D eigenvalue weighted by Crippen LogP contribution is 2.33. The molecule has 0 aliphatic carbocycles. The van der Waals surface area contributed by atoms with E-state index in [-0.39, 0.29) is 6.54 Å². The van der Waals surface area contributed by atoms with E-state index in [9.17, 15) is 17.6 Å². The van der Waals surface area contributed by atoms with Crippen molar-refractivity contribution in [2.24, 2.45) is 0 Å². The molecule has 21 heavy (non-hydrogen) atoms. The summed E-state index contributed by atoms with van der Waals surface area (Å²) in [4.78, 5) is 0. The van der Waals surface area contributed by atoms with Gasteiger partial charge in [0.2, 0.25) is 0 Å². The molecule has 0 atom stereocenters. The first-order valence-corrected chi connectivity index (χ1v) is 6.00. The predicted octanol–water partition coefficient (Wildman–Crippen LogP) is 4.33. The molecule has 0 aliphatic heterocycles. The topological polar surface area (TPSA) is 35.8 Å². The number of alkyl halides is 3. The Kier molecular flexibility index (Phi) is 4.13. The van der Waals surface area contributed by atoms with Gasteiger partial charge in [-0.15, -0.1) is 0 Å². The van der Waals surface area contributed by atoms with Crippen molar-refractivity contribution in [1.29, 1.82) is 5.26 Å². The molecule has 2 aromatic carbocycles. The van der Waals surface area contributed by atoms with Crippen LogP contribution in [0.3, 0.4) is 0 Å². The maximum absolute atomic E-state index is 13.4. The van der Waals surface area contributed by atoms with Crippen LogP contribution in [0.4, 0.5) is 23.2 Å². The summed E-state index contributed by atoms with van der Waals surface area (Å²) in [6.07, 6.45) is -4.57. The summed E-state index contributed by atoms with van der Waals surface area (Å²) in [5, 5.41) is 11.6. The summed E-state index contributed by atoms with van der Waals surface area (Å²) in [6.45, 7) is 0.114. The van der Waals surface area contributed by atoms with Crippen molar-refractivity contribution >= 4 is 5.69 Å². The molecular weight excluding hydrogens is 284 g/mol. The molecule has 0 bridgehead atoms. The van der Waals surface area contributed by atoms with E-state index in [1.54, 1.807) is 18.2 Å². The molecule has 0 radical (unpaired) electrons. The number of hydrogen-bond acceptors (Lipinski definition) is 2. The van der Waals surface area contributed by atoms with E-state index in [1.165, 1.54) is 18.2 Å². The molecule has 108 valence electrons. The lowest BCUT2D eigenvalue weighted by Crippen LogP contribution is -2.09. The summed E-state index contributed by atoms with van der Waals surface area (Å²) in [5.41, 5.74) is -0.749. The Morgan fingerprint density at radius 3 is 2.43 bits per heavy atom. The van der Waals surface area contributed by atoms with Crippen molar-refractivity contribution in [3.8, 4) is 6.07 Å². The van der Waals surface area contributed by atoms with Gasteiger partial charge in [0.25, 0.3) is 0 Å². The van der Waals surface area contributed by atoms with Gasteiger partial charge in [-0.3, -0.25) is 0 Å². The molecule has 1 N–H and O–H groups in total. The van der Waals surface area contributed by atoms with Crippen molar-refractivity contribution in [1.82, 2.24) is 0 Å². The number of nitrogens with one attached hydrogen (secondary N) is 1. The standard InChI is InChI=1S/C15H10F4N2/c16-14-4-2-1-3-10(14)9-21-12-5-6-13(15(17,18)19)11(7-12)8-20/h1-7,21H,9H2. The van der Waals surface area contributed by atoms with E-state index in [4.69, 9.17) is 5.26 Å². The molecule has 6 heteroatoms. The van der Waals surface area contributed by atoms with Crippen LogP contribution in [-0.4, -0.2) is 0 Å². The van der Waals surface area contributed by atoms with Gasteiger partial charge >= 0.3 is 6.18 Å². The number of rotatable bonds is 3. The van der Waals surface area contributed by atoms with Gasteiger partial charge < -0.3 is 5.32 Å². The monoisotopic (exact) mass is 294 g/mol. The smallest absolute Gasteiger partial charge is 0.381 e. The molecule has 0 amide bonds. The van der Waals surface area contributed by atoms with Crippen LogP contribution in [0, 0.1) is 17.1 Å². The van der Waals surface area contributed by atoms with E-state index in [1.807, 2.05) is 0 Å². The van der Waals surface area contributed by atoms with Crippen LogP contribution in [0.1, 0.15) is 16.7 Å². The second-order valence-electron chi connectivity index (χ2n) is 4.31. The van der Waals surface area contributed by atoms with Gasteiger partial charge in [0.1, 0.15) is 5.82 Å². The van der Waals surface area contributed by atoms with Crippen LogP contribution < -0.4 is 5.32 Å². The predicted molar refractivity (Wildman–Crippen MR) is 69.9 cm³/mol. The van der Waals surface area contributed by atoms with Crippen molar-refractivity contribution in [2.75, 3.05) is 5.32 Å². The molecular formula is C15H10F4N2. The van der Waals surface area contributed by atoms with Gasteiger partial charge in [0.05, 0.1) is 17.2 Å². The van der Waals surface area contributed by atoms with Crippen molar-refractivity contribution in [2.45, 2.75) is 12.7 Å². The lowest BCUT2D eigenvalue weighted by molar-refractivity contribution is -0.137. The average molecular weight is 294 g/mol. The molecule has 0 saturated carbocycles. The first kappa shape index (κ1) is 14.9.